The van der Waals surface area contributed by atoms with Gasteiger partial charge >= 0.3 is 45.1 Å². The summed E-state index contributed by atoms with van der Waals surface area (Å²) < 4.78 is 175. The molecule has 0 saturated heterocycles. The summed E-state index contributed by atoms with van der Waals surface area (Å²) >= 11 is 1.87. The van der Waals surface area contributed by atoms with Crippen LogP contribution in [0.4, 0.5) is 58.3 Å². The third-order valence-corrected chi connectivity index (χ3v) is 11.4. The molecular formula is C38H43F10IN7O13P. The third-order valence-electron chi connectivity index (χ3n) is 10.2. The van der Waals surface area contributed by atoms with Gasteiger partial charge in [-0.3, -0.25) is 15.0 Å². The Hall–Kier alpha value is -5.50. The van der Waals surface area contributed by atoms with Crippen LogP contribution in [0, 0.1) is 26.0 Å². The molecule has 0 aliphatic heterocycles. The number of carbonyl (C=O) groups is 5. The van der Waals surface area contributed by atoms with Crippen molar-refractivity contribution in [3.05, 3.63) is 75.0 Å². The van der Waals surface area contributed by atoms with Gasteiger partial charge in [-0.1, -0.05) is 12.1 Å². The Morgan fingerprint density at radius 3 is 1.87 bits per heavy atom. The third kappa shape index (κ3) is 16.3. The monoisotopic (exact) mass is 1150 g/mol. The molecule has 0 spiro atoms. The van der Waals surface area contributed by atoms with Crippen molar-refractivity contribution in [2.45, 2.75) is 83.8 Å². The van der Waals surface area contributed by atoms with Crippen molar-refractivity contribution in [2.75, 3.05) is 20.4 Å². The lowest BCUT2D eigenvalue weighted by atomic mass is 9.82. The quantitative estimate of drug-likeness (QED) is 0.0150. The molecule has 3 rings (SSSR count). The van der Waals surface area contributed by atoms with Crippen LogP contribution in [0.2, 0.25) is 0 Å². The van der Waals surface area contributed by atoms with E-state index in [1.165, 1.54) is 29.6 Å². The zero-order valence-electron chi connectivity index (χ0n) is 36.7. The van der Waals surface area contributed by atoms with Gasteiger partial charge in [0.05, 0.1) is 36.2 Å². The zero-order chi connectivity index (χ0) is 53.3. The summed E-state index contributed by atoms with van der Waals surface area (Å²) in [5.74, 6) is -6.71. The van der Waals surface area contributed by atoms with Gasteiger partial charge < -0.3 is 45.1 Å². The molecule has 3 aromatic rings. The van der Waals surface area contributed by atoms with E-state index >= 15 is 8.78 Å². The van der Waals surface area contributed by atoms with Gasteiger partial charge in [-0.05, 0) is 92.6 Å². The average Bonchev–Trinajstić information content (AvgIpc) is 3.73. The van der Waals surface area contributed by atoms with Crippen LogP contribution < -0.4 is 21.4 Å². The van der Waals surface area contributed by atoms with E-state index in [1.807, 2.05) is 28.0 Å². The largest absolute Gasteiger partial charge is 0.510 e. The number of hydrogen-bond donors (Lipinski definition) is 7. The van der Waals surface area contributed by atoms with Crippen LogP contribution in [-0.2, 0) is 45.9 Å². The number of alkyl halides is 8. The molecule has 4 atom stereocenters. The lowest BCUT2D eigenvalue weighted by Gasteiger charge is -2.38. The van der Waals surface area contributed by atoms with Gasteiger partial charge in [-0.2, -0.15) is 40.2 Å². The fraction of sp³-hybridized carbons (Fsp3) is 0.474. The van der Waals surface area contributed by atoms with E-state index in [0.29, 0.717) is 55.5 Å². The van der Waals surface area contributed by atoms with Crippen LogP contribution in [0.15, 0.2) is 48.7 Å². The SMILES string of the molecule is COC(=O)N[C@H](C(=O)NN(Cc1c(F)cc(-c2ccn(C(F)F)n2)cc1F)C[C@H](OC(=O)OCOP(=O)(O)O)[C@H](Cc1ccc(I)cc1)NC(=O)[C@@H](NC(=O)O)C(C)(C)C(F)(F)F)C(C)(C)C(F)(F)F. The summed E-state index contributed by atoms with van der Waals surface area (Å²) in [6, 6.07) is 0.314. The van der Waals surface area contributed by atoms with Crippen molar-refractivity contribution in [1.29, 1.82) is 0 Å². The number of hydrogen-bond acceptors (Lipinski definition) is 12. The number of nitrogens with one attached hydrogen (secondary N) is 4. The number of halogens is 11. The minimum atomic E-state index is -5.38. The smallest absolute Gasteiger partial charge is 0.465 e. The maximum absolute atomic E-state index is 16.0. The lowest BCUT2D eigenvalue weighted by Crippen LogP contribution is -2.64. The lowest BCUT2D eigenvalue weighted by molar-refractivity contribution is -0.221. The maximum atomic E-state index is 16.0. The Kier molecular flexibility index (Phi) is 19.8. The number of nitrogens with zero attached hydrogens (tertiary/aromatic N) is 3. The number of phosphoric acid groups is 1. The fourth-order valence-electron chi connectivity index (χ4n) is 6.02. The Balaban J connectivity index is 2.34. The van der Waals surface area contributed by atoms with Gasteiger partial charge in [0.15, 0.2) is 0 Å². The molecule has 2 aromatic carbocycles. The van der Waals surface area contributed by atoms with E-state index in [1.54, 1.807) is 5.32 Å². The number of aromatic nitrogens is 2. The van der Waals surface area contributed by atoms with E-state index in [-0.39, 0.29) is 10.2 Å². The van der Waals surface area contributed by atoms with E-state index < -0.39 is 147 Å². The van der Waals surface area contributed by atoms with Crippen LogP contribution in [0.1, 0.15) is 45.4 Å². The number of benzene rings is 2. The highest BCUT2D eigenvalue weighted by Crippen LogP contribution is 2.42. The minimum absolute atomic E-state index is 0.135. The number of carbonyl (C=O) groups excluding carboxylic acids is 4. The van der Waals surface area contributed by atoms with Gasteiger partial charge in [-0.15, -0.1) is 0 Å². The summed E-state index contributed by atoms with van der Waals surface area (Å²) in [6.07, 6.45) is -18.6. The second kappa shape index (κ2) is 23.6. The summed E-state index contributed by atoms with van der Waals surface area (Å²) in [6.45, 7) is -5.67. The second-order valence-electron chi connectivity index (χ2n) is 15.9. The van der Waals surface area contributed by atoms with Gasteiger partial charge in [0.25, 0.3) is 5.91 Å². The summed E-state index contributed by atoms with van der Waals surface area (Å²) in [5, 5.41) is 18.6. The van der Waals surface area contributed by atoms with Gasteiger partial charge in [0.2, 0.25) is 12.7 Å². The van der Waals surface area contributed by atoms with Crippen LogP contribution >= 0.6 is 30.4 Å². The van der Waals surface area contributed by atoms with Crippen LogP contribution in [-0.4, -0.2) is 117 Å². The molecular weight excluding hydrogens is 1110 g/mol. The van der Waals surface area contributed by atoms with Crippen molar-refractivity contribution >= 4 is 60.6 Å². The van der Waals surface area contributed by atoms with E-state index in [4.69, 9.17) is 14.5 Å². The number of methoxy groups -OCH3 is 1. The topological polar surface area (TPSA) is 269 Å². The van der Waals surface area contributed by atoms with Gasteiger partial charge in [-0.25, -0.2) is 41.9 Å². The molecule has 0 unspecified atom stereocenters. The number of ether oxygens (including phenoxy) is 3. The van der Waals surface area contributed by atoms with E-state index in [2.05, 4.69) is 24.4 Å². The summed E-state index contributed by atoms with van der Waals surface area (Å²) in [4.78, 5) is 83.4. The van der Waals surface area contributed by atoms with Crippen LogP contribution in [0.25, 0.3) is 11.3 Å². The molecule has 390 valence electrons. The highest BCUT2D eigenvalue weighted by Gasteiger charge is 2.57. The Bertz CT molecular complexity index is 2370. The molecule has 0 radical (unpaired) electrons. The summed E-state index contributed by atoms with van der Waals surface area (Å²) in [5.41, 5.74) is -6.34. The number of rotatable bonds is 21. The fourth-order valence-corrected chi connectivity index (χ4v) is 6.57. The van der Waals surface area contributed by atoms with Crippen molar-refractivity contribution < 1.29 is 106 Å². The molecule has 0 fully saturated rings. The molecule has 4 amide bonds. The molecule has 7 N–H and O–H groups in total. The van der Waals surface area contributed by atoms with Crippen molar-refractivity contribution in [3.8, 4) is 11.3 Å². The van der Waals surface area contributed by atoms with Crippen LogP contribution in [0.5, 0.6) is 0 Å². The van der Waals surface area contributed by atoms with Crippen molar-refractivity contribution in [2.24, 2.45) is 10.8 Å². The highest BCUT2D eigenvalue weighted by atomic mass is 127. The Morgan fingerprint density at radius 1 is 0.857 bits per heavy atom. The second-order valence-corrected chi connectivity index (χ2v) is 18.3. The Labute approximate surface area is 403 Å². The maximum Gasteiger partial charge on any atom is 0.510 e. The first kappa shape index (κ1) is 58.8. The van der Waals surface area contributed by atoms with Crippen LogP contribution in [0.3, 0.4) is 0 Å². The molecule has 0 bridgehead atoms. The number of hydrazine groups is 1. The highest BCUT2D eigenvalue weighted by molar-refractivity contribution is 14.1. The standard InChI is InChI=1S/C38H43F10IN7O13P/c1-35(2,37(43,44)45)27(51-32(59)60)29(57)50-25(12-18-6-8-20(49)9-7-18)26(69-34(62)67-17-68-70(63,64)65)16-55(54-30(58)28(52-33(61)66-5)36(3,4)38(46,47)48)15-21-22(39)13-19(14-23(21)40)24-10-11-56(53-24)31(41)42/h6-11,13-14,25-28,31,51H,12,15-17H2,1-5H3,(H,50,57)(H,52,61)(H,54,58)(H,59,60)(H2,63,64,65)/t25-,26-,27+,28+/m0/s1. The van der Waals surface area contributed by atoms with Gasteiger partial charge in [0, 0.05) is 27.4 Å². The molecule has 0 saturated carbocycles. The molecule has 20 nitrogen and oxygen atoms in total. The van der Waals surface area contributed by atoms with Gasteiger partial charge in [0.1, 0.15) is 29.8 Å². The first-order valence-electron chi connectivity index (χ1n) is 19.5. The minimum Gasteiger partial charge on any atom is -0.465 e. The number of phosphoric ester groups is 1. The first-order chi connectivity index (χ1) is 32.1. The average molecular weight is 1150 g/mol. The number of carboxylic acid groups (broad SMARTS) is 1. The molecule has 1 aromatic heterocycles. The zero-order valence-corrected chi connectivity index (χ0v) is 39.8. The first-order valence-corrected chi connectivity index (χ1v) is 22.1. The number of alkyl carbamates (subject to hydrolysis) is 1. The van der Waals surface area contributed by atoms with E-state index in [0.717, 1.165) is 12.3 Å². The predicted molar refractivity (Wildman–Crippen MR) is 225 cm³/mol. The van der Waals surface area contributed by atoms with Crippen molar-refractivity contribution in [1.82, 2.24) is 36.2 Å². The molecule has 0 aliphatic carbocycles. The molecule has 70 heavy (non-hydrogen) atoms. The number of amides is 4. The summed E-state index contributed by atoms with van der Waals surface area (Å²) in [7, 11) is -4.67. The van der Waals surface area contributed by atoms with Crippen molar-refractivity contribution in [3.63, 3.8) is 0 Å². The predicted octanol–water partition coefficient (Wildman–Crippen LogP) is 6.52. The normalized spacial score (nSPS) is 14.3. The van der Waals surface area contributed by atoms with E-state index in [9.17, 15) is 68.8 Å². The Morgan fingerprint density at radius 2 is 1.40 bits per heavy atom. The molecule has 1 heterocycles. The molecule has 32 heteroatoms. The molecule has 0 aliphatic rings.